The minimum atomic E-state index is -0.878. The zero-order chi connectivity index (χ0) is 10.3. The molecule has 0 radical (unpaired) electrons. The fourth-order valence-electron chi connectivity index (χ4n) is 1.41. The maximum Gasteiger partial charge on any atom is 0.172 e. The average Bonchev–Trinajstić information content (AvgIpc) is 2.79. The van der Waals surface area contributed by atoms with Crippen LogP contribution < -0.4 is 0 Å². The summed E-state index contributed by atoms with van der Waals surface area (Å²) in [6.07, 6.45) is 1.87. The lowest BCUT2D eigenvalue weighted by atomic mass is 10.1. The molecule has 1 fully saturated rings. The molecule has 0 unspecified atom stereocenters. The summed E-state index contributed by atoms with van der Waals surface area (Å²) in [6, 6.07) is 2.64. The summed E-state index contributed by atoms with van der Waals surface area (Å²) < 4.78 is 25.9. The summed E-state index contributed by atoms with van der Waals surface area (Å²) in [7, 11) is 0. The molecular formula is C10H9BrF2O. The first-order chi connectivity index (χ1) is 6.50. The van der Waals surface area contributed by atoms with Gasteiger partial charge in [-0.3, -0.25) is 0 Å². The van der Waals surface area contributed by atoms with Crippen LogP contribution in [0.25, 0.3) is 0 Å². The minimum Gasteiger partial charge on any atom is -0.390 e. The van der Waals surface area contributed by atoms with Crippen LogP contribution in [-0.4, -0.2) is 10.7 Å². The van der Waals surface area contributed by atoms with Crippen LogP contribution in [0.1, 0.15) is 18.4 Å². The Morgan fingerprint density at radius 3 is 2.50 bits per heavy atom. The smallest absolute Gasteiger partial charge is 0.172 e. The molecule has 0 saturated heterocycles. The molecule has 0 spiro atoms. The quantitative estimate of drug-likeness (QED) is 0.813. The average molecular weight is 263 g/mol. The van der Waals surface area contributed by atoms with Crippen molar-refractivity contribution >= 4 is 15.9 Å². The van der Waals surface area contributed by atoms with E-state index in [4.69, 9.17) is 0 Å². The first-order valence-electron chi connectivity index (χ1n) is 4.36. The minimum absolute atomic E-state index is 0.108. The van der Waals surface area contributed by atoms with Gasteiger partial charge in [0.15, 0.2) is 11.6 Å². The fraction of sp³-hybridized carbons (Fsp3) is 0.400. The maximum atomic E-state index is 12.9. The Kier molecular flexibility index (Phi) is 2.35. The molecule has 1 saturated carbocycles. The van der Waals surface area contributed by atoms with Crippen molar-refractivity contribution in [2.45, 2.75) is 24.9 Å². The van der Waals surface area contributed by atoms with E-state index in [2.05, 4.69) is 15.9 Å². The third-order valence-electron chi connectivity index (χ3n) is 2.40. The van der Waals surface area contributed by atoms with Gasteiger partial charge >= 0.3 is 0 Å². The molecule has 1 aliphatic rings. The van der Waals surface area contributed by atoms with Crippen molar-refractivity contribution in [1.82, 2.24) is 0 Å². The van der Waals surface area contributed by atoms with E-state index in [1.54, 1.807) is 0 Å². The van der Waals surface area contributed by atoms with Gasteiger partial charge in [0.1, 0.15) is 0 Å². The SMILES string of the molecule is OC1(Cc2cc(F)c(F)c(Br)c2)CC1. The second-order valence-corrected chi connectivity index (χ2v) is 4.63. The summed E-state index contributed by atoms with van der Waals surface area (Å²) in [4.78, 5) is 0. The van der Waals surface area contributed by atoms with E-state index in [0.717, 1.165) is 18.9 Å². The molecule has 1 nitrogen and oxygen atoms in total. The van der Waals surface area contributed by atoms with Crippen LogP contribution in [0.5, 0.6) is 0 Å². The molecule has 1 aliphatic carbocycles. The second kappa shape index (κ2) is 3.28. The van der Waals surface area contributed by atoms with E-state index in [1.165, 1.54) is 6.07 Å². The van der Waals surface area contributed by atoms with Crippen molar-refractivity contribution in [3.05, 3.63) is 33.8 Å². The highest BCUT2D eigenvalue weighted by atomic mass is 79.9. The summed E-state index contributed by atoms with van der Waals surface area (Å²) in [5.41, 5.74) is -0.0558. The zero-order valence-corrected chi connectivity index (χ0v) is 8.94. The van der Waals surface area contributed by atoms with Crippen LogP contribution in [0.2, 0.25) is 0 Å². The second-order valence-electron chi connectivity index (χ2n) is 3.77. The van der Waals surface area contributed by atoms with Gasteiger partial charge in [-0.05, 0) is 46.5 Å². The predicted octanol–water partition coefficient (Wildman–Crippen LogP) is 2.79. The van der Waals surface area contributed by atoms with E-state index in [0.29, 0.717) is 12.0 Å². The van der Waals surface area contributed by atoms with Crippen LogP contribution in [0, 0.1) is 11.6 Å². The summed E-state index contributed by atoms with van der Waals surface area (Å²) in [5, 5.41) is 9.60. The van der Waals surface area contributed by atoms with Gasteiger partial charge in [0.25, 0.3) is 0 Å². The molecule has 14 heavy (non-hydrogen) atoms. The number of aliphatic hydroxyl groups is 1. The Balaban J connectivity index is 2.26. The molecule has 0 bridgehead atoms. The first-order valence-corrected chi connectivity index (χ1v) is 5.15. The van der Waals surface area contributed by atoms with Gasteiger partial charge in [0.05, 0.1) is 10.1 Å². The van der Waals surface area contributed by atoms with Crippen molar-refractivity contribution in [2.24, 2.45) is 0 Å². The highest BCUT2D eigenvalue weighted by Crippen LogP contribution is 2.38. The van der Waals surface area contributed by atoms with Crippen LogP contribution in [0.4, 0.5) is 8.78 Å². The van der Waals surface area contributed by atoms with E-state index in [-0.39, 0.29) is 4.47 Å². The van der Waals surface area contributed by atoms with Gasteiger partial charge < -0.3 is 5.11 Å². The highest BCUT2D eigenvalue weighted by molar-refractivity contribution is 9.10. The van der Waals surface area contributed by atoms with E-state index in [9.17, 15) is 13.9 Å². The number of benzene rings is 1. The lowest BCUT2D eigenvalue weighted by molar-refractivity contribution is 0.151. The van der Waals surface area contributed by atoms with Gasteiger partial charge in [-0.15, -0.1) is 0 Å². The topological polar surface area (TPSA) is 20.2 Å². The summed E-state index contributed by atoms with van der Waals surface area (Å²) >= 11 is 2.93. The number of rotatable bonds is 2. The predicted molar refractivity (Wildman–Crippen MR) is 51.9 cm³/mol. The third kappa shape index (κ3) is 1.96. The normalized spacial score (nSPS) is 18.3. The third-order valence-corrected chi connectivity index (χ3v) is 2.98. The standard InChI is InChI=1S/C10H9BrF2O/c11-7-3-6(4-8(12)9(7)13)5-10(14)1-2-10/h3-4,14H,1-2,5H2. The lowest BCUT2D eigenvalue weighted by Gasteiger charge is -2.08. The maximum absolute atomic E-state index is 12.9. The number of hydrogen-bond acceptors (Lipinski definition) is 1. The molecule has 0 heterocycles. The van der Waals surface area contributed by atoms with Crippen molar-refractivity contribution in [3.63, 3.8) is 0 Å². The van der Waals surface area contributed by atoms with E-state index < -0.39 is 17.2 Å². The van der Waals surface area contributed by atoms with Crippen LogP contribution in [-0.2, 0) is 6.42 Å². The van der Waals surface area contributed by atoms with Gasteiger partial charge in [0, 0.05) is 6.42 Å². The highest BCUT2D eigenvalue weighted by Gasteiger charge is 2.40. The van der Waals surface area contributed by atoms with Crippen molar-refractivity contribution in [2.75, 3.05) is 0 Å². The monoisotopic (exact) mass is 262 g/mol. The lowest BCUT2D eigenvalue weighted by Crippen LogP contribution is -2.11. The molecule has 0 aliphatic heterocycles. The molecule has 0 aromatic heterocycles. The van der Waals surface area contributed by atoms with Crippen molar-refractivity contribution in [1.29, 1.82) is 0 Å². The van der Waals surface area contributed by atoms with Gasteiger partial charge in [-0.1, -0.05) is 0 Å². The Morgan fingerprint density at radius 2 is 2.00 bits per heavy atom. The van der Waals surface area contributed by atoms with Crippen molar-refractivity contribution in [3.8, 4) is 0 Å². The molecular weight excluding hydrogens is 254 g/mol. The molecule has 1 aromatic carbocycles. The molecule has 0 amide bonds. The zero-order valence-electron chi connectivity index (χ0n) is 7.36. The molecule has 2 rings (SSSR count). The van der Waals surface area contributed by atoms with Crippen LogP contribution >= 0.6 is 15.9 Å². The molecule has 76 valence electrons. The first kappa shape index (κ1) is 10.1. The van der Waals surface area contributed by atoms with Crippen LogP contribution in [0.15, 0.2) is 16.6 Å². The molecule has 0 atom stereocenters. The summed E-state index contributed by atoms with van der Waals surface area (Å²) in [6.45, 7) is 0. The largest absolute Gasteiger partial charge is 0.390 e. The van der Waals surface area contributed by atoms with Crippen molar-refractivity contribution < 1.29 is 13.9 Å². The van der Waals surface area contributed by atoms with E-state index >= 15 is 0 Å². The number of halogens is 3. The fourth-order valence-corrected chi connectivity index (χ4v) is 1.89. The van der Waals surface area contributed by atoms with Crippen LogP contribution in [0.3, 0.4) is 0 Å². The number of hydrogen-bond donors (Lipinski definition) is 1. The van der Waals surface area contributed by atoms with Gasteiger partial charge in [-0.2, -0.15) is 0 Å². The summed E-state index contributed by atoms with van der Waals surface area (Å²) in [5.74, 6) is -1.75. The molecule has 1 N–H and O–H groups in total. The Bertz CT molecular complexity index is 351. The Labute approximate surface area is 88.9 Å². The molecule has 4 heteroatoms. The van der Waals surface area contributed by atoms with Gasteiger partial charge in [0.2, 0.25) is 0 Å². The van der Waals surface area contributed by atoms with Gasteiger partial charge in [-0.25, -0.2) is 8.78 Å². The Hall–Kier alpha value is -0.480. The molecule has 1 aromatic rings. The van der Waals surface area contributed by atoms with E-state index in [1.807, 2.05) is 0 Å². The Morgan fingerprint density at radius 1 is 1.36 bits per heavy atom.